The van der Waals surface area contributed by atoms with Crippen LogP contribution in [0.2, 0.25) is 5.15 Å². The van der Waals surface area contributed by atoms with E-state index in [2.05, 4.69) is 9.97 Å². The zero-order valence-corrected chi connectivity index (χ0v) is 10.9. The highest BCUT2D eigenvalue weighted by molar-refractivity contribution is 6.29. The van der Waals surface area contributed by atoms with E-state index in [1.807, 2.05) is 31.2 Å². The van der Waals surface area contributed by atoms with Gasteiger partial charge in [0.25, 0.3) is 0 Å². The smallest absolute Gasteiger partial charge is 0.218 e. The van der Waals surface area contributed by atoms with Gasteiger partial charge in [-0.3, -0.25) is 0 Å². The zero-order valence-electron chi connectivity index (χ0n) is 10.2. The third kappa shape index (κ3) is 2.71. The first kappa shape index (κ1) is 12.6. The molecule has 4 nitrogen and oxygen atoms in total. The van der Waals surface area contributed by atoms with Crippen molar-refractivity contribution in [3.8, 4) is 23.0 Å². The number of ether oxygens (including phenoxy) is 2. The number of para-hydroxylation sites is 1. The van der Waals surface area contributed by atoms with E-state index >= 15 is 0 Å². The Morgan fingerprint density at radius 2 is 2.00 bits per heavy atom. The van der Waals surface area contributed by atoms with Crippen LogP contribution >= 0.6 is 11.6 Å². The number of methoxy groups -OCH3 is 1. The molecular formula is C13H13ClN2O2. The fraction of sp³-hybridized carbons (Fsp3) is 0.231. The Kier molecular flexibility index (Phi) is 3.99. The minimum atomic E-state index is 0.342. The van der Waals surface area contributed by atoms with Crippen LogP contribution < -0.4 is 9.47 Å². The predicted octanol–water partition coefficient (Wildman–Crippen LogP) is 3.20. The Morgan fingerprint density at radius 1 is 1.22 bits per heavy atom. The number of halogens is 1. The van der Waals surface area contributed by atoms with Gasteiger partial charge in [-0.2, -0.15) is 4.98 Å². The van der Waals surface area contributed by atoms with Crippen molar-refractivity contribution in [2.45, 2.75) is 6.92 Å². The van der Waals surface area contributed by atoms with E-state index in [-0.39, 0.29) is 0 Å². The molecule has 18 heavy (non-hydrogen) atoms. The van der Waals surface area contributed by atoms with Gasteiger partial charge in [-0.15, -0.1) is 0 Å². The molecule has 0 amide bonds. The van der Waals surface area contributed by atoms with Crippen LogP contribution in [0, 0.1) is 0 Å². The standard InChI is InChI=1S/C13H13ClN2O2/c1-3-18-12-8-11(14)15-13(16-12)9-6-4-5-7-10(9)17-2/h4-8H,3H2,1-2H3. The second-order valence-corrected chi connectivity index (χ2v) is 3.87. The van der Waals surface area contributed by atoms with Crippen LogP contribution in [-0.4, -0.2) is 23.7 Å². The lowest BCUT2D eigenvalue weighted by Gasteiger charge is -2.08. The first-order chi connectivity index (χ1) is 8.74. The van der Waals surface area contributed by atoms with Crippen LogP contribution in [0.4, 0.5) is 0 Å². The van der Waals surface area contributed by atoms with Crippen molar-refractivity contribution >= 4 is 11.6 Å². The SMILES string of the molecule is CCOc1cc(Cl)nc(-c2ccccc2OC)n1. The summed E-state index contributed by atoms with van der Waals surface area (Å²) < 4.78 is 10.6. The molecular weight excluding hydrogens is 252 g/mol. The van der Waals surface area contributed by atoms with Crippen LogP contribution in [0.1, 0.15) is 6.92 Å². The number of benzene rings is 1. The molecule has 0 spiro atoms. The highest BCUT2D eigenvalue weighted by Crippen LogP contribution is 2.29. The van der Waals surface area contributed by atoms with Crippen molar-refractivity contribution in [3.05, 3.63) is 35.5 Å². The average molecular weight is 265 g/mol. The van der Waals surface area contributed by atoms with E-state index in [0.29, 0.717) is 29.2 Å². The summed E-state index contributed by atoms with van der Waals surface area (Å²) in [6.45, 7) is 2.41. The van der Waals surface area contributed by atoms with Gasteiger partial charge in [0, 0.05) is 6.07 Å². The summed E-state index contributed by atoms with van der Waals surface area (Å²) in [7, 11) is 1.60. The highest BCUT2D eigenvalue weighted by Gasteiger charge is 2.10. The van der Waals surface area contributed by atoms with Crippen LogP contribution in [0.3, 0.4) is 0 Å². The van der Waals surface area contributed by atoms with Crippen molar-refractivity contribution in [1.82, 2.24) is 9.97 Å². The molecule has 0 atom stereocenters. The van der Waals surface area contributed by atoms with E-state index < -0.39 is 0 Å². The molecule has 1 heterocycles. The van der Waals surface area contributed by atoms with E-state index in [4.69, 9.17) is 21.1 Å². The van der Waals surface area contributed by atoms with Crippen molar-refractivity contribution < 1.29 is 9.47 Å². The molecule has 0 aliphatic rings. The van der Waals surface area contributed by atoms with Crippen LogP contribution in [0.25, 0.3) is 11.4 Å². The fourth-order valence-corrected chi connectivity index (χ4v) is 1.74. The van der Waals surface area contributed by atoms with Gasteiger partial charge < -0.3 is 9.47 Å². The number of hydrogen-bond acceptors (Lipinski definition) is 4. The minimum Gasteiger partial charge on any atom is -0.496 e. The molecule has 5 heteroatoms. The van der Waals surface area contributed by atoms with Gasteiger partial charge in [0.05, 0.1) is 19.3 Å². The lowest BCUT2D eigenvalue weighted by molar-refractivity contribution is 0.326. The topological polar surface area (TPSA) is 44.2 Å². The van der Waals surface area contributed by atoms with Gasteiger partial charge in [0.2, 0.25) is 5.88 Å². The van der Waals surface area contributed by atoms with Gasteiger partial charge >= 0.3 is 0 Å². The zero-order chi connectivity index (χ0) is 13.0. The molecule has 0 radical (unpaired) electrons. The second-order valence-electron chi connectivity index (χ2n) is 3.49. The quantitative estimate of drug-likeness (QED) is 0.796. The lowest BCUT2D eigenvalue weighted by atomic mass is 10.2. The molecule has 94 valence electrons. The summed E-state index contributed by atoms with van der Waals surface area (Å²) in [5.74, 6) is 1.64. The van der Waals surface area contributed by atoms with E-state index in [0.717, 1.165) is 5.56 Å². The molecule has 0 unspecified atom stereocenters. The molecule has 0 N–H and O–H groups in total. The monoisotopic (exact) mass is 264 g/mol. The number of nitrogens with zero attached hydrogens (tertiary/aromatic N) is 2. The maximum atomic E-state index is 5.96. The largest absolute Gasteiger partial charge is 0.496 e. The third-order valence-corrected chi connectivity index (χ3v) is 2.51. The van der Waals surface area contributed by atoms with Gasteiger partial charge in [0.1, 0.15) is 10.9 Å². The number of aromatic nitrogens is 2. The summed E-state index contributed by atoms with van der Waals surface area (Å²) in [6, 6.07) is 9.09. The van der Waals surface area contributed by atoms with Crippen LogP contribution in [-0.2, 0) is 0 Å². The first-order valence-electron chi connectivity index (χ1n) is 5.55. The van der Waals surface area contributed by atoms with Gasteiger partial charge in [-0.25, -0.2) is 4.98 Å². The van der Waals surface area contributed by atoms with Gasteiger partial charge in [-0.1, -0.05) is 23.7 Å². The Morgan fingerprint density at radius 3 is 2.72 bits per heavy atom. The van der Waals surface area contributed by atoms with E-state index in [1.165, 1.54) is 0 Å². The van der Waals surface area contributed by atoms with Crippen LogP contribution in [0.15, 0.2) is 30.3 Å². The molecule has 0 saturated carbocycles. The minimum absolute atomic E-state index is 0.342. The molecule has 1 aromatic carbocycles. The summed E-state index contributed by atoms with van der Waals surface area (Å²) >= 11 is 5.96. The highest BCUT2D eigenvalue weighted by atomic mass is 35.5. The molecule has 0 aliphatic carbocycles. The molecule has 1 aromatic heterocycles. The number of rotatable bonds is 4. The molecule has 0 saturated heterocycles. The maximum Gasteiger partial charge on any atom is 0.218 e. The Labute approximate surface area is 111 Å². The third-order valence-electron chi connectivity index (χ3n) is 2.31. The van der Waals surface area contributed by atoms with E-state index in [1.54, 1.807) is 13.2 Å². The summed E-state index contributed by atoms with van der Waals surface area (Å²) in [6.07, 6.45) is 0. The van der Waals surface area contributed by atoms with Crippen molar-refractivity contribution in [2.24, 2.45) is 0 Å². The summed E-state index contributed by atoms with van der Waals surface area (Å²) in [4.78, 5) is 8.49. The normalized spacial score (nSPS) is 10.2. The number of hydrogen-bond donors (Lipinski definition) is 0. The summed E-state index contributed by atoms with van der Waals surface area (Å²) in [5.41, 5.74) is 0.781. The van der Waals surface area contributed by atoms with Gasteiger partial charge in [-0.05, 0) is 19.1 Å². The van der Waals surface area contributed by atoms with Crippen molar-refractivity contribution in [1.29, 1.82) is 0 Å². The van der Waals surface area contributed by atoms with Crippen molar-refractivity contribution in [2.75, 3.05) is 13.7 Å². The Balaban J connectivity index is 2.49. The Bertz CT molecular complexity index is 546. The molecule has 0 aliphatic heterocycles. The van der Waals surface area contributed by atoms with Gasteiger partial charge in [0.15, 0.2) is 5.82 Å². The molecule has 0 fully saturated rings. The molecule has 2 aromatic rings. The summed E-state index contributed by atoms with van der Waals surface area (Å²) in [5, 5.41) is 0.342. The maximum absolute atomic E-state index is 5.96. The van der Waals surface area contributed by atoms with Crippen molar-refractivity contribution in [3.63, 3.8) is 0 Å². The molecule has 0 bridgehead atoms. The average Bonchev–Trinajstić information content (AvgIpc) is 2.38. The first-order valence-corrected chi connectivity index (χ1v) is 5.93. The predicted molar refractivity (Wildman–Crippen MR) is 70.2 cm³/mol. The lowest BCUT2D eigenvalue weighted by Crippen LogP contribution is -1.99. The molecule has 2 rings (SSSR count). The fourth-order valence-electron chi connectivity index (χ4n) is 1.57. The van der Waals surface area contributed by atoms with E-state index in [9.17, 15) is 0 Å². The second kappa shape index (κ2) is 5.69. The Hall–Kier alpha value is -1.81. The van der Waals surface area contributed by atoms with Crippen LogP contribution in [0.5, 0.6) is 11.6 Å².